The molecule has 0 aliphatic heterocycles. The molecule has 1 saturated carbocycles. The highest BCUT2D eigenvalue weighted by Crippen LogP contribution is 2.25. The number of hydrogen-bond donors (Lipinski definition) is 3. The molecular formula is C20H31N3O2. The van der Waals surface area contributed by atoms with Gasteiger partial charge >= 0.3 is 0 Å². The van der Waals surface area contributed by atoms with Crippen LogP contribution in [0.2, 0.25) is 0 Å². The number of benzene rings is 1. The fraction of sp³-hybridized carbons (Fsp3) is 0.600. The summed E-state index contributed by atoms with van der Waals surface area (Å²) in [5.41, 5.74) is 6.94. The van der Waals surface area contributed by atoms with Gasteiger partial charge in [-0.25, -0.2) is 0 Å². The lowest BCUT2D eigenvalue weighted by Gasteiger charge is -2.20. The molecule has 1 aliphatic rings. The molecule has 0 aromatic heterocycles. The predicted molar refractivity (Wildman–Crippen MR) is 102 cm³/mol. The van der Waals surface area contributed by atoms with Gasteiger partial charge in [-0.2, -0.15) is 0 Å². The molecule has 4 N–H and O–H groups in total. The van der Waals surface area contributed by atoms with Crippen LogP contribution in [0.5, 0.6) is 0 Å². The summed E-state index contributed by atoms with van der Waals surface area (Å²) in [4.78, 5) is 24.3. The van der Waals surface area contributed by atoms with Crippen molar-refractivity contribution >= 4 is 23.2 Å². The summed E-state index contributed by atoms with van der Waals surface area (Å²) in [5, 5.41) is 5.90. The van der Waals surface area contributed by atoms with Gasteiger partial charge in [-0.15, -0.1) is 0 Å². The highest BCUT2D eigenvalue weighted by Gasteiger charge is 2.21. The number of rotatable bonds is 9. The van der Waals surface area contributed by atoms with Gasteiger partial charge in [-0.3, -0.25) is 9.59 Å². The summed E-state index contributed by atoms with van der Waals surface area (Å²) in [6.07, 6.45) is 9.99. The Morgan fingerprint density at radius 1 is 0.960 bits per heavy atom. The maximum absolute atomic E-state index is 12.3. The Morgan fingerprint density at radius 3 is 2.36 bits per heavy atom. The van der Waals surface area contributed by atoms with E-state index in [-0.39, 0.29) is 17.7 Å². The minimum atomic E-state index is 0.0171. The Morgan fingerprint density at radius 2 is 1.64 bits per heavy atom. The number of amides is 2. The smallest absolute Gasteiger partial charge is 0.227 e. The van der Waals surface area contributed by atoms with E-state index in [4.69, 9.17) is 5.73 Å². The molecule has 0 bridgehead atoms. The van der Waals surface area contributed by atoms with Crippen LogP contribution in [0.25, 0.3) is 0 Å². The summed E-state index contributed by atoms with van der Waals surface area (Å²) in [6, 6.07) is 7.40. The highest BCUT2D eigenvalue weighted by molar-refractivity contribution is 5.95. The molecule has 2 amide bonds. The third-order valence-electron chi connectivity index (χ3n) is 4.75. The second-order valence-electron chi connectivity index (χ2n) is 6.91. The van der Waals surface area contributed by atoms with Crippen LogP contribution in [0.1, 0.15) is 64.2 Å². The Bertz CT molecular complexity index is 554. The number of anilines is 2. The topological polar surface area (TPSA) is 84.2 Å². The van der Waals surface area contributed by atoms with Gasteiger partial charge in [0.15, 0.2) is 0 Å². The molecule has 0 atom stereocenters. The van der Waals surface area contributed by atoms with E-state index in [9.17, 15) is 9.59 Å². The lowest BCUT2D eigenvalue weighted by atomic mass is 9.88. The third kappa shape index (κ3) is 7.26. The Balaban J connectivity index is 1.77. The zero-order valence-electron chi connectivity index (χ0n) is 15.1. The molecule has 1 aliphatic carbocycles. The molecule has 5 nitrogen and oxygen atoms in total. The highest BCUT2D eigenvalue weighted by atomic mass is 16.2. The van der Waals surface area contributed by atoms with E-state index in [1.165, 1.54) is 6.42 Å². The summed E-state index contributed by atoms with van der Waals surface area (Å²) < 4.78 is 0. The number of unbranched alkanes of at least 4 members (excludes halogenated alkanes) is 3. The van der Waals surface area contributed by atoms with Crippen molar-refractivity contribution in [2.75, 3.05) is 17.2 Å². The van der Waals surface area contributed by atoms with E-state index in [0.717, 1.165) is 62.7 Å². The molecular weight excluding hydrogens is 314 g/mol. The van der Waals surface area contributed by atoms with Crippen LogP contribution in [0.15, 0.2) is 24.3 Å². The van der Waals surface area contributed by atoms with Crippen molar-refractivity contribution in [3.63, 3.8) is 0 Å². The predicted octanol–water partition coefficient (Wildman–Crippen LogP) is 4.05. The molecule has 1 fully saturated rings. The van der Waals surface area contributed by atoms with E-state index in [0.29, 0.717) is 13.0 Å². The second kappa shape index (κ2) is 10.9. The minimum absolute atomic E-state index is 0.0171. The Labute approximate surface area is 150 Å². The molecule has 0 spiro atoms. The summed E-state index contributed by atoms with van der Waals surface area (Å²) in [7, 11) is 0. The van der Waals surface area contributed by atoms with Gasteiger partial charge < -0.3 is 16.4 Å². The molecule has 0 saturated heterocycles. The quantitative estimate of drug-likeness (QED) is 0.590. The van der Waals surface area contributed by atoms with Crippen LogP contribution in [0, 0.1) is 5.92 Å². The van der Waals surface area contributed by atoms with Crippen LogP contribution in [-0.2, 0) is 9.59 Å². The van der Waals surface area contributed by atoms with Gasteiger partial charge in [0.05, 0.1) is 0 Å². The van der Waals surface area contributed by atoms with E-state index in [1.54, 1.807) is 0 Å². The zero-order chi connectivity index (χ0) is 17.9. The van der Waals surface area contributed by atoms with Gasteiger partial charge in [0.1, 0.15) is 0 Å². The average molecular weight is 345 g/mol. The van der Waals surface area contributed by atoms with Gasteiger partial charge in [-0.05, 0) is 50.4 Å². The van der Waals surface area contributed by atoms with Crippen LogP contribution in [0.3, 0.4) is 0 Å². The van der Waals surface area contributed by atoms with E-state index >= 15 is 0 Å². The van der Waals surface area contributed by atoms with Crippen LogP contribution in [-0.4, -0.2) is 18.4 Å². The number of hydrogen-bond acceptors (Lipinski definition) is 3. The first-order valence-electron chi connectivity index (χ1n) is 9.60. The fourth-order valence-corrected chi connectivity index (χ4v) is 3.29. The van der Waals surface area contributed by atoms with Crippen molar-refractivity contribution < 1.29 is 9.59 Å². The standard InChI is InChI=1S/C20H31N3O2/c21-14-7-2-1-6-13-19(24)22-17-11-8-12-18(15-17)23-20(25)16-9-4-3-5-10-16/h8,11-12,15-16H,1-7,9-10,13-14,21H2,(H,22,24)(H,23,25). The van der Waals surface area contributed by atoms with Crippen LogP contribution < -0.4 is 16.4 Å². The molecule has 1 aromatic rings. The van der Waals surface area contributed by atoms with Crippen molar-refractivity contribution in [2.45, 2.75) is 64.2 Å². The Hall–Kier alpha value is -1.88. The van der Waals surface area contributed by atoms with Crippen LogP contribution in [0.4, 0.5) is 11.4 Å². The van der Waals surface area contributed by atoms with Crippen molar-refractivity contribution in [2.24, 2.45) is 11.7 Å². The molecule has 138 valence electrons. The molecule has 5 heteroatoms. The maximum Gasteiger partial charge on any atom is 0.227 e. The number of carbonyl (C=O) groups excluding carboxylic acids is 2. The molecule has 0 radical (unpaired) electrons. The molecule has 1 aromatic carbocycles. The van der Waals surface area contributed by atoms with Crippen molar-refractivity contribution in [1.82, 2.24) is 0 Å². The number of nitrogens with one attached hydrogen (secondary N) is 2. The van der Waals surface area contributed by atoms with E-state index in [2.05, 4.69) is 10.6 Å². The van der Waals surface area contributed by atoms with Crippen LogP contribution >= 0.6 is 0 Å². The normalized spacial score (nSPS) is 14.9. The van der Waals surface area contributed by atoms with Gasteiger partial charge in [-0.1, -0.05) is 38.2 Å². The molecule has 0 unspecified atom stereocenters. The lowest BCUT2D eigenvalue weighted by Crippen LogP contribution is -2.24. The van der Waals surface area contributed by atoms with Gasteiger partial charge in [0.25, 0.3) is 0 Å². The van der Waals surface area contributed by atoms with E-state index in [1.807, 2.05) is 24.3 Å². The summed E-state index contributed by atoms with van der Waals surface area (Å²) in [6.45, 7) is 0.714. The SMILES string of the molecule is NCCCCCCC(=O)Nc1cccc(NC(=O)C2CCCCC2)c1. The Kier molecular flexibility index (Phi) is 8.46. The second-order valence-corrected chi connectivity index (χ2v) is 6.91. The molecule has 2 rings (SSSR count). The lowest BCUT2D eigenvalue weighted by molar-refractivity contribution is -0.120. The van der Waals surface area contributed by atoms with Crippen molar-refractivity contribution in [3.8, 4) is 0 Å². The maximum atomic E-state index is 12.3. The van der Waals surface area contributed by atoms with Gasteiger partial charge in [0, 0.05) is 23.7 Å². The molecule has 25 heavy (non-hydrogen) atoms. The first-order chi connectivity index (χ1) is 12.2. The van der Waals surface area contributed by atoms with Gasteiger partial charge in [0.2, 0.25) is 11.8 Å². The summed E-state index contributed by atoms with van der Waals surface area (Å²) >= 11 is 0. The monoisotopic (exact) mass is 345 g/mol. The number of nitrogens with two attached hydrogens (primary N) is 1. The zero-order valence-corrected chi connectivity index (χ0v) is 15.1. The minimum Gasteiger partial charge on any atom is -0.330 e. The van der Waals surface area contributed by atoms with E-state index < -0.39 is 0 Å². The first-order valence-corrected chi connectivity index (χ1v) is 9.60. The van der Waals surface area contributed by atoms with Crippen molar-refractivity contribution in [3.05, 3.63) is 24.3 Å². The average Bonchev–Trinajstić information content (AvgIpc) is 2.62. The third-order valence-corrected chi connectivity index (χ3v) is 4.75. The largest absolute Gasteiger partial charge is 0.330 e. The van der Waals surface area contributed by atoms with Crippen molar-refractivity contribution in [1.29, 1.82) is 0 Å². The summed E-state index contributed by atoms with van der Waals surface area (Å²) in [5.74, 6) is 0.243. The first kappa shape index (κ1) is 19.4. The fourth-order valence-electron chi connectivity index (χ4n) is 3.29. The number of carbonyl (C=O) groups is 2. The molecule has 0 heterocycles.